The van der Waals surface area contributed by atoms with Crippen molar-refractivity contribution >= 4 is 162 Å². The summed E-state index contributed by atoms with van der Waals surface area (Å²) in [5.74, 6) is -0.304. The largest absolute Gasteiger partial charge is 0.361 e. The highest BCUT2D eigenvalue weighted by atomic mass is 35.5. The highest BCUT2D eigenvalue weighted by Crippen LogP contribution is 2.40. The minimum atomic E-state index is -0.973. The van der Waals surface area contributed by atoms with Crippen LogP contribution in [0.25, 0.3) is 0 Å². The summed E-state index contributed by atoms with van der Waals surface area (Å²) in [6.45, 7) is 10.1. The third-order valence-corrected chi connectivity index (χ3v) is 16.0. The lowest BCUT2D eigenvalue weighted by atomic mass is 9.86. The van der Waals surface area contributed by atoms with Gasteiger partial charge in [0.15, 0.2) is 0 Å². The first-order chi connectivity index (χ1) is 17.8. The summed E-state index contributed by atoms with van der Waals surface area (Å²) in [5.41, 5.74) is -0.879. The molecule has 0 spiro atoms. The van der Waals surface area contributed by atoms with Gasteiger partial charge < -0.3 is 4.74 Å². The molecule has 0 aromatic carbocycles. The van der Waals surface area contributed by atoms with E-state index in [2.05, 4.69) is 0 Å². The fourth-order valence-corrected chi connectivity index (χ4v) is 8.80. The molecule has 0 N–H and O–H groups in total. The van der Waals surface area contributed by atoms with Crippen LogP contribution in [0, 0.1) is 17.8 Å². The predicted octanol–water partition coefficient (Wildman–Crippen LogP) is 11.8. The molecular formula is C24H36Cl14O. The molecule has 236 valence electrons. The second-order valence-electron chi connectivity index (χ2n) is 9.96. The first kappa shape index (κ1) is 43.0. The zero-order valence-corrected chi connectivity index (χ0v) is 32.5. The van der Waals surface area contributed by atoms with Crippen LogP contribution in [-0.2, 0) is 4.74 Å². The van der Waals surface area contributed by atoms with Crippen molar-refractivity contribution in [3.05, 3.63) is 0 Å². The zero-order chi connectivity index (χ0) is 30.9. The SMILES string of the molecule is CCCOC(Cl)C(Cl)C(Cl)C(Cl)C(Cl)C(Cl)C(Cl)C(Cl)C(Cl)C(Cl)C(Cl)C(C)C(Cl)C(C)C(Cl)C(Cl)C(C)C. The molecule has 16 atom stereocenters. The molecule has 1 nitrogen and oxygen atoms in total. The van der Waals surface area contributed by atoms with Gasteiger partial charge in [-0.25, -0.2) is 0 Å². The van der Waals surface area contributed by atoms with E-state index in [0.717, 1.165) is 6.42 Å². The molecule has 0 saturated heterocycles. The third kappa shape index (κ3) is 13.0. The van der Waals surface area contributed by atoms with E-state index >= 15 is 0 Å². The highest BCUT2D eigenvalue weighted by molar-refractivity contribution is 6.44. The molecule has 0 aliphatic heterocycles. The van der Waals surface area contributed by atoms with Crippen molar-refractivity contribution in [3.63, 3.8) is 0 Å². The number of hydrogen-bond donors (Lipinski definition) is 0. The molecule has 0 amide bonds. The van der Waals surface area contributed by atoms with Crippen LogP contribution in [0.15, 0.2) is 0 Å². The molecule has 0 heterocycles. The Morgan fingerprint density at radius 1 is 0.385 bits per heavy atom. The van der Waals surface area contributed by atoms with Crippen LogP contribution in [0.5, 0.6) is 0 Å². The molecular weight excluding hydrogens is 801 g/mol. The molecule has 0 aromatic heterocycles. The normalized spacial score (nSPS) is 25.2. The summed E-state index contributed by atoms with van der Waals surface area (Å²) in [7, 11) is 0. The quantitative estimate of drug-likeness (QED) is 0.118. The molecule has 39 heavy (non-hydrogen) atoms. The Bertz CT molecular complexity index is 662. The molecule has 0 saturated carbocycles. The molecule has 0 aliphatic rings. The van der Waals surface area contributed by atoms with Crippen LogP contribution in [0.2, 0.25) is 0 Å². The molecule has 0 aliphatic carbocycles. The Morgan fingerprint density at radius 2 is 0.667 bits per heavy atom. The molecule has 16 unspecified atom stereocenters. The second-order valence-corrected chi connectivity index (χ2v) is 16.9. The Labute approximate surface area is 304 Å². The maximum absolute atomic E-state index is 6.76. The van der Waals surface area contributed by atoms with Gasteiger partial charge in [-0.15, -0.1) is 151 Å². The molecule has 0 aromatic rings. The number of rotatable bonds is 19. The highest BCUT2D eigenvalue weighted by Gasteiger charge is 2.45. The van der Waals surface area contributed by atoms with E-state index in [0.29, 0.717) is 6.61 Å². The van der Waals surface area contributed by atoms with Gasteiger partial charge in [0.1, 0.15) is 5.56 Å². The van der Waals surface area contributed by atoms with Crippen molar-refractivity contribution in [1.29, 1.82) is 0 Å². The lowest BCUT2D eigenvalue weighted by molar-refractivity contribution is 0.104. The van der Waals surface area contributed by atoms with E-state index in [-0.39, 0.29) is 28.5 Å². The molecule has 0 bridgehead atoms. The van der Waals surface area contributed by atoms with Crippen LogP contribution in [0.1, 0.15) is 41.0 Å². The summed E-state index contributed by atoms with van der Waals surface area (Å²) in [5, 5.41) is -10.1. The third-order valence-electron chi connectivity index (χ3n) is 6.42. The van der Waals surface area contributed by atoms with Crippen molar-refractivity contribution < 1.29 is 4.74 Å². The Kier molecular flexibility index (Phi) is 23.2. The van der Waals surface area contributed by atoms with Crippen molar-refractivity contribution in [2.75, 3.05) is 6.61 Å². The predicted molar refractivity (Wildman–Crippen MR) is 184 cm³/mol. The van der Waals surface area contributed by atoms with Crippen LogP contribution in [0.3, 0.4) is 0 Å². The fraction of sp³-hybridized carbons (Fsp3) is 1.00. The maximum atomic E-state index is 6.76. The van der Waals surface area contributed by atoms with E-state index in [1.54, 1.807) is 0 Å². The first-order valence-corrected chi connectivity index (χ1v) is 18.5. The van der Waals surface area contributed by atoms with Gasteiger partial charge in [-0.3, -0.25) is 0 Å². The summed E-state index contributed by atoms with van der Waals surface area (Å²) in [4.78, 5) is 0. The van der Waals surface area contributed by atoms with Crippen LogP contribution in [0.4, 0.5) is 0 Å². The van der Waals surface area contributed by atoms with Crippen LogP contribution >= 0.6 is 162 Å². The summed E-state index contributed by atoms with van der Waals surface area (Å²) in [6, 6.07) is 0. The number of ether oxygens (including phenoxy) is 1. The van der Waals surface area contributed by atoms with E-state index < -0.39 is 64.7 Å². The van der Waals surface area contributed by atoms with Crippen molar-refractivity contribution in [1.82, 2.24) is 0 Å². The maximum Gasteiger partial charge on any atom is 0.148 e. The standard InChI is InChI=1S/C24H36Cl14O/c1-6-7-39-24(38)23(37)22(36)21(35)20(34)19(33)18(32)17(31)16(30)15(29)14(28)10(5)12(26)9(4)13(27)11(25)8(2)3/h8-24H,6-7H2,1-5H3. The minimum absolute atomic E-state index is 0.168. The number of hydrogen-bond acceptors (Lipinski definition) is 1. The van der Waals surface area contributed by atoms with Gasteiger partial charge in [-0.2, -0.15) is 0 Å². The van der Waals surface area contributed by atoms with Gasteiger partial charge in [-0.05, 0) is 24.2 Å². The van der Waals surface area contributed by atoms with E-state index in [4.69, 9.17) is 167 Å². The fourth-order valence-electron chi connectivity index (χ4n) is 3.65. The number of halogens is 14. The van der Waals surface area contributed by atoms with Gasteiger partial charge >= 0.3 is 0 Å². The van der Waals surface area contributed by atoms with Gasteiger partial charge in [0.25, 0.3) is 0 Å². The van der Waals surface area contributed by atoms with Crippen molar-refractivity contribution in [2.45, 2.75) is 117 Å². The lowest BCUT2D eigenvalue weighted by Crippen LogP contribution is -2.48. The topological polar surface area (TPSA) is 9.23 Å². The molecule has 0 fully saturated rings. The van der Waals surface area contributed by atoms with Crippen molar-refractivity contribution in [3.8, 4) is 0 Å². The molecule has 0 radical (unpaired) electrons. The van der Waals surface area contributed by atoms with Gasteiger partial charge in [0.05, 0.1) is 64.5 Å². The average molecular weight is 837 g/mol. The van der Waals surface area contributed by atoms with Gasteiger partial charge in [0, 0.05) is 12.0 Å². The molecule has 15 heteroatoms. The van der Waals surface area contributed by atoms with Gasteiger partial charge in [-0.1, -0.05) is 46.2 Å². The van der Waals surface area contributed by atoms with Crippen molar-refractivity contribution in [2.24, 2.45) is 17.8 Å². The minimum Gasteiger partial charge on any atom is -0.361 e. The summed E-state index contributed by atoms with van der Waals surface area (Å²) in [6.07, 6.45) is 0.754. The average Bonchev–Trinajstić information content (AvgIpc) is 2.93. The summed E-state index contributed by atoms with van der Waals surface area (Å²) < 4.78 is 5.42. The second kappa shape index (κ2) is 21.0. The van der Waals surface area contributed by atoms with Gasteiger partial charge in [0.2, 0.25) is 0 Å². The number of alkyl halides is 14. The monoisotopic (exact) mass is 830 g/mol. The van der Waals surface area contributed by atoms with E-state index in [1.165, 1.54) is 0 Å². The van der Waals surface area contributed by atoms with E-state index in [9.17, 15) is 0 Å². The van der Waals surface area contributed by atoms with E-state index in [1.807, 2.05) is 34.6 Å². The lowest BCUT2D eigenvalue weighted by Gasteiger charge is -2.37. The Morgan fingerprint density at radius 3 is 0.974 bits per heavy atom. The van der Waals surface area contributed by atoms with Crippen LogP contribution < -0.4 is 0 Å². The smallest absolute Gasteiger partial charge is 0.148 e. The Hall–Kier alpha value is 4.02. The summed E-state index contributed by atoms with van der Waals surface area (Å²) >= 11 is 91.7. The first-order valence-electron chi connectivity index (χ1n) is 12.4. The Balaban J connectivity index is 5.32. The zero-order valence-electron chi connectivity index (χ0n) is 21.9. The molecule has 0 rings (SSSR count). The van der Waals surface area contributed by atoms with Crippen LogP contribution in [-0.4, -0.2) is 82.1 Å².